The van der Waals surface area contributed by atoms with Crippen molar-refractivity contribution in [3.05, 3.63) is 28.8 Å². The first kappa shape index (κ1) is 13.1. The number of nitrogens with zero attached hydrogens (tertiary/aromatic N) is 1. The van der Waals surface area contributed by atoms with Crippen LogP contribution in [-0.4, -0.2) is 18.1 Å². The summed E-state index contributed by atoms with van der Waals surface area (Å²) in [6.45, 7) is 9.17. The van der Waals surface area contributed by atoms with Gasteiger partial charge in [0.25, 0.3) is 0 Å². The highest BCUT2D eigenvalue weighted by Gasteiger charge is 2.34. The summed E-state index contributed by atoms with van der Waals surface area (Å²) in [5.41, 5.74) is 2.65. The highest BCUT2D eigenvalue weighted by Crippen LogP contribution is 2.39. The van der Waals surface area contributed by atoms with Crippen LogP contribution in [0, 0.1) is 12.8 Å². The van der Waals surface area contributed by atoms with Gasteiger partial charge in [0.05, 0.1) is 15.2 Å². The molecule has 2 aromatic rings. The number of fused-ring (bicyclic) bond motifs is 1. The van der Waals surface area contributed by atoms with Crippen molar-refractivity contribution < 1.29 is 0 Å². The third kappa shape index (κ3) is 2.30. The second-order valence-electron chi connectivity index (χ2n) is 6.21. The maximum atomic E-state index is 4.95. The van der Waals surface area contributed by atoms with Gasteiger partial charge in [0.15, 0.2) is 0 Å². The van der Waals surface area contributed by atoms with Crippen LogP contribution in [0.15, 0.2) is 18.2 Å². The fourth-order valence-electron chi connectivity index (χ4n) is 3.00. The van der Waals surface area contributed by atoms with Crippen LogP contribution in [0.3, 0.4) is 0 Å². The monoisotopic (exact) mass is 274 g/mol. The zero-order valence-electron chi connectivity index (χ0n) is 12.0. The second-order valence-corrected chi connectivity index (χ2v) is 7.24. The van der Waals surface area contributed by atoms with Crippen molar-refractivity contribution in [1.82, 2.24) is 10.3 Å². The van der Waals surface area contributed by atoms with Crippen molar-refractivity contribution in [1.29, 1.82) is 0 Å². The van der Waals surface area contributed by atoms with Gasteiger partial charge in [-0.3, -0.25) is 0 Å². The Kier molecular flexibility index (Phi) is 3.35. The summed E-state index contributed by atoms with van der Waals surface area (Å²) in [5, 5.41) is 4.83. The minimum absolute atomic E-state index is 0.170. The molecule has 2 heterocycles. The molecule has 0 amide bonds. The van der Waals surface area contributed by atoms with Crippen molar-refractivity contribution in [3.8, 4) is 0 Å². The first-order valence-electron chi connectivity index (χ1n) is 7.16. The molecule has 0 saturated carbocycles. The molecular formula is C16H22N2S. The van der Waals surface area contributed by atoms with Crippen LogP contribution >= 0.6 is 11.3 Å². The van der Waals surface area contributed by atoms with E-state index in [1.807, 2.05) is 11.3 Å². The lowest BCUT2D eigenvalue weighted by Crippen LogP contribution is -2.40. The van der Waals surface area contributed by atoms with E-state index in [0.29, 0.717) is 5.92 Å². The van der Waals surface area contributed by atoms with Gasteiger partial charge >= 0.3 is 0 Å². The lowest BCUT2D eigenvalue weighted by atomic mass is 9.75. The van der Waals surface area contributed by atoms with Crippen LogP contribution < -0.4 is 5.32 Å². The summed E-state index contributed by atoms with van der Waals surface area (Å²) >= 11 is 1.87. The summed E-state index contributed by atoms with van der Waals surface area (Å²) in [7, 11) is 0. The summed E-state index contributed by atoms with van der Waals surface area (Å²) < 4.78 is 1.33. The topological polar surface area (TPSA) is 24.9 Å². The Bertz CT molecular complexity index is 579. The molecular weight excluding hydrogens is 252 g/mol. The third-order valence-corrected chi connectivity index (χ3v) is 5.85. The van der Waals surface area contributed by atoms with E-state index in [1.165, 1.54) is 40.2 Å². The van der Waals surface area contributed by atoms with Gasteiger partial charge < -0.3 is 5.32 Å². The molecule has 1 aliphatic rings. The Labute approximate surface area is 119 Å². The van der Waals surface area contributed by atoms with Crippen molar-refractivity contribution in [2.75, 3.05) is 13.1 Å². The van der Waals surface area contributed by atoms with Gasteiger partial charge in [-0.15, -0.1) is 11.3 Å². The summed E-state index contributed by atoms with van der Waals surface area (Å²) in [4.78, 5) is 4.95. The van der Waals surface area contributed by atoms with Crippen LogP contribution in [0.25, 0.3) is 10.2 Å². The number of benzene rings is 1. The van der Waals surface area contributed by atoms with Gasteiger partial charge in [-0.1, -0.05) is 26.0 Å². The van der Waals surface area contributed by atoms with E-state index < -0.39 is 0 Å². The molecule has 0 bridgehead atoms. The molecule has 1 aromatic heterocycles. The Morgan fingerprint density at radius 1 is 1.37 bits per heavy atom. The van der Waals surface area contributed by atoms with E-state index in [0.717, 1.165) is 6.54 Å². The zero-order valence-corrected chi connectivity index (χ0v) is 12.8. The Balaban J connectivity index is 2.00. The highest BCUT2D eigenvalue weighted by molar-refractivity contribution is 7.18. The number of rotatable bonds is 2. The smallest absolute Gasteiger partial charge is 0.0998 e. The van der Waals surface area contributed by atoms with Crippen LogP contribution in [-0.2, 0) is 5.41 Å². The molecule has 0 spiro atoms. The first-order chi connectivity index (χ1) is 9.09. The summed E-state index contributed by atoms with van der Waals surface area (Å²) in [6.07, 6.45) is 2.60. The molecule has 0 radical (unpaired) electrons. The van der Waals surface area contributed by atoms with E-state index in [4.69, 9.17) is 4.98 Å². The Morgan fingerprint density at radius 2 is 2.21 bits per heavy atom. The zero-order chi connectivity index (χ0) is 13.5. The van der Waals surface area contributed by atoms with E-state index >= 15 is 0 Å². The molecule has 102 valence electrons. The van der Waals surface area contributed by atoms with E-state index in [2.05, 4.69) is 44.3 Å². The average molecular weight is 274 g/mol. The van der Waals surface area contributed by atoms with Gasteiger partial charge in [0.1, 0.15) is 0 Å². The number of nitrogens with one attached hydrogen (secondary N) is 1. The van der Waals surface area contributed by atoms with Crippen LogP contribution in [0.4, 0.5) is 0 Å². The van der Waals surface area contributed by atoms with Crippen LogP contribution in [0.5, 0.6) is 0 Å². The van der Waals surface area contributed by atoms with E-state index in [1.54, 1.807) is 0 Å². The molecule has 1 atom stereocenters. The van der Waals surface area contributed by atoms with Gasteiger partial charge in [0.2, 0.25) is 0 Å². The van der Waals surface area contributed by atoms with Gasteiger partial charge in [-0.25, -0.2) is 4.98 Å². The lowest BCUT2D eigenvalue weighted by molar-refractivity contribution is 0.251. The maximum Gasteiger partial charge on any atom is 0.0998 e. The molecule has 1 saturated heterocycles. The number of aromatic nitrogens is 1. The predicted octanol–water partition coefficient (Wildman–Crippen LogP) is 3.88. The Hall–Kier alpha value is -0.930. The predicted molar refractivity (Wildman–Crippen MR) is 83.0 cm³/mol. The molecule has 1 unspecified atom stereocenters. The van der Waals surface area contributed by atoms with Gasteiger partial charge in [0, 0.05) is 5.41 Å². The number of hydrogen-bond acceptors (Lipinski definition) is 3. The standard InChI is InChI=1S/C16H22N2S/c1-11-6-4-8-13-14(11)18-15(19-13)16(2,3)12-7-5-9-17-10-12/h4,6,8,12,17H,5,7,9-10H2,1-3H3. The summed E-state index contributed by atoms with van der Waals surface area (Å²) in [5.74, 6) is 0.696. The normalized spacial score (nSPS) is 20.9. The molecule has 1 aliphatic heterocycles. The maximum absolute atomic E-state index is 4.95. The van der Waals surface area contributed by atoms with Crippen LogP contribution in [0.2, 0.25) is 0 Å². The van der Waals surface area contributed by atoms with Crippen LogP contribution in [0.1, 0.15) is 37.3 Å². The second kappa shape index (κ2) is 4.88. The van der Waals surface area contributed by atoms with E-state index in [-0.39, 0.29) is 5.41 Å². The molecule has 3 heteroatoms. The molecule has 1 aromatic carbocycles. The number of piperidine rings is 1. The largest absolute Gasteiger partial charge is 0.316 e. The number of aryl methyl sites for hydroxylation is 1. The first-order valence-corrected chi connectivity index (χ1v) is 7.98. The summed E-state index contributed by atoms with van der Waals surface area (Å²) in [6, 6.07) is 6.48. The minimum atomic E-state index is 0.170. The third-order valence-electron chi connectivity index (χ3n) is 4.49. The molecule has 3 rings (SSSR count). The molecule has 0 aliphatic carbocycles. The fraction of sp³-hybridized carbons (Fsp3) is 0.562. The highest BCUT2D eigenvalue weighted by atomic mass is 32.1. The molecule has 2 nitrogen and oxygen atoms in total. The molecule has 19 heavy (non-hydrogen) atoms. The van der Waals surface area contributed by atoms with Crippen molar-refractivity contribution in [3.63, 3.8) is 0 Å². The van der Waals surface area contributed by atoms with E-state index in [9.17, 15) is 0 Å². The molecule has 1 N–H and O–H groups in total. The van der Waals surface area contributed by atoms with Crippen molar-refractivity contribution in [2.45, 2.75) is 39.0 Å². The molecule has 1 fully saturated rings. The Morgan fingerprint density at radius 3 is 2.89 bits per heavy atom. The van der Waals surface area contributed by atoms with Crippen molar-refractivity contribution in [2.24, 2.45) is 5.92 Å². The lowest BCUT2D eigenvalue weighted by Gasteiger charge is -2.35. The minimum Gasteiger partial charge on any atom is -0.316 e. The van der Waals surface area contributed by atoms with Crippen molar-refractivity contribution >= 4 is 21.6 Å². The van der Waals surface area contributed by atoms with Gasteiger partial charge in [-0.2, -0.15) is 0 Å². The quantitative estimate of drug-likeness (QED) is 0.899. The fourth-order valence-corrected chi connectivity index (χ4v) is 4.23. The van der Waals surface area contributed by atoms with Gasteiger partial charge in [-0.05, 0) is 50.4 Å². The number of para-hydroxylation sites is 1. The SMILES string of the molecule is Cc1cccc2sc(C(C)(C)C3CCCNC3)nc12. The number of hydrogen-bond donors (Lipinski definition) is 1. The number of thiazole rings is 1. The average Bonchev–Trinajstić information content (AvgIpc) is 2.86.